The van der Waals surface area contributed by atoms with Crippen molar-refractivity contribution in [1.29, 1.82) is 0 Å². The number of aromatic nitrogens is 2. The van der Waals surface area contributed by atoms with E-state index >= 15 is 0 Å². The molecule has 6 heteroatoms. The zero-order chi connectivity index (χ0) is 22.7. The number of aromatic amines is 1. The number of para-hydroxylation sites is 2. The van der Waals surface area contributed by atoms with Gasteiger partial charge in [-0.05, 0) is 56.2 Å². The van der Waals surface area contributed by atoms with Gasteiger partial charge in [-0.25, -0.2) is 0 Å². The van der Waals surface area contributed by atoms with Gasteiger partial charge in [0, 0.05) is 11.6 Å². The molecule has 0 fully saturated rings. The Hall–Kier alpha value is -3.93. The molecule has 4 aromatic rings. The number of rotatable bonds is 7. The Morgan fingerprint density at radius 1 is 0.938 bits per heavy atom. The first-order chi connectivity index (χ1) is 15.5. The lowest BCUT2D eigenvalue weighted by Crippen LogP contribution is -1.98. The number of hydrogen-bond acceptors (Lipinski definition) is 5. The smallest absolute Gasteiger partial charge is 0.176 e. The van der Waals surface area contributed by atoms with E-state index in [1.807, 2.05) is 37.3 Å². The Morgan fingerprint density at radius 3 is 2.47 bits per heavy atom. The van der Waals surface area contributed by atoms with E-state index in [9.17, 15) is 5.11 Å². The summed E-state index contributed by atoms with van der Waals surface area (Å²) in [5, 5.41) is 18.0. The summed E-state index contributed by atoms with van der Waals surface area (Å²) in [5.74, 6) is 2.33. The molecule has 3 aromatic carbocycles. The van der Waals surface area contributed by atoms with Crippen LogP contribution in [0.4, 0.5) is 0 Å². The van der Waals surface area contributed by atoms with E-state index in [-0.39, 0.29) is 5.75 Å². The van der Waals surface area contributed by atoms with Crippen molar-refractivity contribution >= 4 is 0 Å². The van der Waals surface area contributed by atoms with Crippen LogP contribution in [0.3, 0.4) is 0 Å². The van der Waals surface area contributed by atoms with Crippen molar-refractivity contribution in [2.75, 3.05) is 7.11 Å². The van der Waals surface area contributed by atoms with Crippen molar-refractivity contribution in [2.45, 2.75) is 27.4 Å². The molecule has 4 rings (SSSR count). The Kier molecular flexibility index (Phi) is 6.03. The topological polar surface area (TPSA) is 76.6 Å². The molecular formula is C26H26N2O4. The van der Waals surface area contributed by atoms with Gasteiger partial charge in [-0.1, -0.05) is 35.9 Å². The van der Waals surface area contributed by atoms with Crippen molar-refractivity contribution in [3.63, 3.8) is 0 Å². The molecule has 0 atom stereocenters. The monoisotopic (exact) mass is 430 g/mol. The lowest BCUT2D eigenvalue weighted by molar-refractivity contribution is 0.303. The first kappa shape index (κ1) is 21.3. The van der Waals surface area contributed by atoms with Crippen LogP contribution in [0, 0.1) is 20.8 Å². The summed E-state index contributed by atoms with van der Waals surface area (Å²) < 4.78 is 17.4. The molecule has 164 valence electrons. The average molecular weight is 431 g/mol. The van der Waals surface area contributed by atoms with Crippen molar-refractivity contribution in [1.82, 2.24) is 10.2 Å². The maximum Gasteiger partial charge on any atom is 0.176 e. The highest BCUT2D eigenvalue weighted by atomic mass is 16.5. The van der Waals surface area contributed by atoms with Gasteiger partial charge in [-0.15, -0.1) is 0 Å². The van der Waals surface area contributed by atoms with Crippen LogP contribution in [0.1, 0.15) is 22.4 Å². The van der Waals surface area contributed by atoms with E-state index in [2.05, 4.69) is 42.2 Å². The van der Waals surface area contributed by atoms with E-state index in [0.29, 0.717) is 40.9 Å². The number of aromatic hydroxyl groups is 1. The predicted molar refractivity (Wildman–Crippen MR) is 124 cm³/mol. The summed E-state index contributed by atoms with van der Waals surface area (Å²) >= 11 is 0. The summed E-state index contributed by atoms with van der Waals surface area (Å²) in [6.45, 7) is 6.40. The van der Waals surface area contributed by atoms with Crippen molar-refractivity contribution in [2.24, 2.45) is 0 Å². The van der Waals surface area contributed by atoms with Crippen LogP contribution in [0.15, 0.2) is 60.7 Å². The zero-order valence-electron chi connectivity index (χ0n) is 18.6. The van der Waals surface area contributed by atoms with Crippen molar-refractivity contribution in [3.8, 4) is 40.0 Å². The largest absolute Gasteiger partial charge is 0.507 e. The van der Waals surface area contributed by atoms with Gasteiger partial charge < -0.3 is 19.3 Å². The zero-order valence-corrected chi connectivity index (χ0v) is 18.6. The minimum Gasteiger partial charge on any atom is -0.507 e. The molecule has 0 radical (unpaired) electrons. The van der Waals surface area contributed by atoms with Gasteiger partial charge in [0.05, 0.1) is 12.8 Å². The van der Waals surface area contributed by atoms with Crippen LogP contribution in [-0.2, 0) is 6.61 Å². The number of nitrogens with one attached hydrogen (secondary N) is 1. The van der Waals surface area contributed by atoms with Crippen LogP contribution in [-0.4, -0.2) is 22.4 Å². The standard InChI is InChI=1S/C26H26N2O4/c1-16-9-10-17(2)19(13-16)15-31-20-11-12-21(22(29)14-20)25-26(18(3)27-28-25)32-24-8-6-5-7-23(24)30-4/h5-14,29H,15H2,1-4H3,(H,27,28). The van der Waals surface area contributed by atoms with Crippen LogP contribution in [0.2, 0.25) is 0 Å². The Bertz CT molecular complexity index is 1250. The quantitative estimate of drug-likeness (QED) is 0.371. The molecule has 0 unspecified atom stereocenters. The molecule has 0 aliphatic carbocycles. The molecule has 0 aliphatic rings. The number of benzene rings is 3. The normalized spacial score (nSPS) is 10.8. The molecule has 1 aromatic heterocycles. The Morgan fingerprint density at radius 2 is 1.72 bits per heavy atom. The second-order valence-electron chi connectivity index (χ2n) is 7.68. The van der Waals surface area contributed by atoms with E-state index in [4.69, 9.17) is 14.2 Å². The SMILES string of the molecule is COc1ccccc1Oc1c(-c2ccc(OCc3cc(C)ccc3C)cc2O)n[nH]c1C. The number of H-pyrrole nitrogens is 1. The molecule has 32 heavy (non-hydrogen) atoms. The maximum absolute atomic E-state index is 10.7. The Balaban J connectivity index is 1.58. The lowest BCUT2D eigenvalue weighted by Gasteiger charge is -2.13. The third-order valence-electron chi connectivity index (χ3n) is 5.30. The second-order valence-corrected chi connectivity index (χ2v) is 7.68. The third-order valence-corrected chi connectivity index (χ3v) is 5.30. The third kappa shape index (κ3) is 4.39. The summed E-state index contributed by atoms with van der Waals surface area (Å²) in [4.78, 5) is 0. The van der Waals surface area contributed by atoms with E-state index in [1.165, 1.54) is 11.1 Å². The van der Waals surface area contributed by atoms with Gasteiger partial charge in [-0.3, -0.25) is 5.10 Å². The average Bonchev–Trinajstić information content (AvgIpc) is 3.14. The van der Waals surface area contributed by atoms with Gasteiger partial charge in [0.1, 0.15) is 23.8 Å². The van der Waals surface area contributed by atoms with Crippen molar-refractivity contribution < 1.29 is 19.3 Å². The lowest BCUT2D eigenvalue weighted by atomic mass is 10.1. The van der Waals surface area contributed by atoms with Crippen LogP contribution in [0.5, 0.6) is 28.7 Å². The molecule has 0 amide bonds. The van der Waals surface area contributed by atoms with Crippen molar-refractivity contribution in [3.05, 3.63) is 83.0 Å². The fourth-order valence-corrected chi connectivity index (χ4v) is 3.46. The van der Waals surface area contributed by atoms with Crippen LogP contribution >= 0.6 is 0 Å². The predicted octanol–water partition coefficient (Wildman–Crippen LogP) is 6.09. The number of hydrogen-bond donors (Lipinski definition) is 2. The molecule has 1 heterocycles. The van der Waals surface area contributed by atoms with Gasteiger partial charge in [0.25, 0.3) is 0 Å². The van der Waals surface area contributed by atoms with E-state index in [1.54, 1.807) is 19.2 Å². The fourth-order valence-electron chi connectivity index (χ4n) is 3.46. The van der Waals surface area contributed by atoms with Crippen LogP contribution < -0.4 is 14.2 Å². The highest BCUT2D eigenvalue weighted by Crippen LogP contribution is 2.41. The number of nitrogens with zero attached hydrogens (tertiary/aromatic N) is 1. The van der Waals surface area contributed by atoms with E-state index < -0.39 is 0 Å². The molecular weight excluding hydrogens is 404 g/mol. The number of ether oxygens (including phenoxy) is 3. The van der Waals surface area contributed by atoms with Crippen LogP contribution in [0.25, 0.3) is 11.3 Å². The molecule has 0 spiro atoms. The molecule has 0 saturated carbocycles. The van der Waals surface area contributed by atoms with E-state index in [0.717, 1.165) is 11.3 Å². The van der Waals surface area contributed by atoms with Gasteiger partial charge in [-0.2, -0.15) is 5.10 Å². The number of methoxy groups -OCH3 is 1. The first-order valence-electron chi connectivity index (χ1n) is 10.3. The summed E-state index contributed by atoms with van der Waals surface area (Å²) in [7, 11) is 1.59. The molecule has 0 saturated heterocycles. The second kappa shape index (κ2) is 9.06. The molecule has 6 nitrogen and oxygen atoms in total. The Labute approximate surface area is 187 Å². The van der Waals surface area contributed by atoms with Gasteiger partial charge in [0.15, 0.2) is 17.2 Å². The number of phenolic OH excluding ortho intramolecular Hbond substituents is 1. The maximum atomic E-state index is 10.7. The number of aryl methyl sites for hydroxylation is 3. The highest BCUT2D eigenvalue weighted by Gasteiger charge is 2.19. The molecule has 0 bridgehead atoms. The van der Waals surface area contributed by atoms with Gasteiger partial charge in [0.2, 0.25) is 0 Å². The summed E-state index contributed by atoms with van der Waals surface area (Å²) in [6.07, 6.45) is 0. The summed E-state index contributed by atoms with van der Waals surface area (Å²) in [5.41, 5.74) is 5.25. The molecule has 2 N–H and O–H groups in total. The summed E-state index contributed by atoms with van der Waals surface area (Å²) in [6, 6.07) is 18.8. The number of phenols is 1. The van der Waals surface area contributed by atoms with Gasteiger partial charge >= 0.3 is 0 Å². The fraction of sp³-hybridized carbons (Fsp3) is 0.192. The highest BCUT2D eigenvalue weighted by molar-refractivity contribution is 5.74. The minimum absolute atomic E-state index is 0.0554. The first-order valence-corrected chi connectivity index (χ1v) is 10.3. The minimum atomic E-state index is 0.0554. The molecule has 0 aliphatic heterocycles.